The van der Waals surface area contributed by atoms with Crippen molar-refractivity contribution in [1.82, 2.24) is 10.6 Å². The Labute approximate surface area is 80.1 Å². The highest BCUT2D eigenvalue weighted by molar-refractivity contribution is 7.80. The quantitative estimate of drug-likeness (QED) is 0.653. The molecule has 2 nitrogen and oxygen atoms in total. The molecular formula is C9H18N2S. The molecule has 0 spiro atoms. The van der Waals surface area contributed by atoms with E-state index in [1.807, 2.05) is 0 Å². The Bertz CT molecular complexity index is 153. The van der Waals surface area contributed by atoms with Gasteiger partial charge in [0.25, 0.3) is 0 Å². The van der Waals surface area contributed by atoms with Gasteiger partial charge in [0.15, 0.2) is 5.11 Å². The summed E-state index contributed by atoms with van der Waals surface area (Å²) in [5.74, 6) is 0.986. The van der Waals surface area contributed by atoms with Crippen LogP contribution in [-0.4, -0.2) is 17.7 Å². The Morgan fingerprint density at radius 2 is 2.17 bits per heavy atom. The fourth-order valence-electron chi connectivity index (χ4n) is 1.11. The van der Waals surface area contributed by atoms with Crippen LogP contribution in [0.4, 0.5) is 0 Å². The van der Waals surface area contributed by atoms with Gasteiger partial charge in [0.2, 0.25) is 0 Å². The highest BCUT2D eigenvalue weighted by Gasteiger charge is 2.20. The second kappa shape index (κ2) is 4.65. The Morgan fingerprint density at radius 3 is 2.67 bits per heavy atom. The lowest BCUT2D eigenvalue weighted by Gasteiger charge is -2.12. The van der Waals surface area contributed by atoms with E-state index in [0.717, 1.165) is 17.6 Å². The summed E-state index contributed by atoms with van der Waals surface area (Å²) in [6, 6.07) is 0.436. The molecule has 0 unspecified atom stereocenters. The Balaban J connectivity index is 1.93. The van der Waals surface area contributed by atoms with E-state index >= 15 is 0 Å². The monoisotopic (exact) mass is 186 g/mol. The standard InChI is InChI=1S/C9H18N2S/c1-7(2)11-9(12)10-6-5-8-3-4-8/h7-8H,3-6H2,1-2H3,(H2,10,11,12). The van der Waals surface area contributed by atoms with Crippen molar-refractivity contribution < 1.29 is 0 Å². The van der Waals surface area contributed by atoms with Gasteiger partial charge in [-0.2, -0.15) is 0 Å². The van der Waals surface area contributed by atoms with E-state index in [-0.39, 0.29) is 0 Å². The van der Waals surface area contributed by atoms with Crippen LogP contribution in [0, 0.1) is 5.92 Å². The summed E-state index contributed by atoms with van der Waals surface area (Å²) in [6.07, 6.45) is 4.12. The van der Waals surface area contributed by atoms with E-state index in [2.05, 4.69) is 24.5 Å². The summed E-state index contributed by atoms with van der Waals surface area (Å²) in [7, 11) is 0. The maximum atomic E-state index is 5.08. The van der Waals surface area contributed by atoms with Gasteiger partial charge in [-0.05, 0) is 38.4 Å². The van der Waals surface area contributed by atoms with Gasteiger partial charge >= 0.3 is 0 Å². The van der Waals surface area contributed by atoms with E-state index in [1.165, 1.54) is 19.3 Å². The number of nitrogens with one attached hydrogen (secondary N) is 2. The van der Waals surface area contributed by atoms with E-state index in [9.17, 15) is 0 Å². The zero-order chi connectivity index (χ0) is 8.97. The van der Waals surface area contributed by atoms with Crippen LogP contribution in [0.3, 0.4) is 0 Å². The molecule has 0 heterocycles. The van der Waals surface area contributed by atoms with Crippen LogP contribution < -0.4 is 10.6 Å². The molecule has 0 bridgehead atoms. The van der Waals surface area contributed by atoms with Crippen LogP contribution >= 0.6 is 12.2 Å². The van der Waals surface area contributed by atoms with Crippen LogP contribution in [0.5, 0.6) is 0 Å². The summed E-state index contributed by atoms with van der Waals surface area (Å²) in [5.41, 5.74) is 0. The molecule has 2 N–H and O–H groups in total. The molecule has 3 heteroatoms. The minimum Gasteiger partial charge on any atom is -0.363 e. The number of hydrogen-bond acceptors (Lipinski definition) is 1. The lowest BCUT2D eigenvalue weighted by molar-refractivity contribution is 0.670. The molecule has 0 aromatic heterocycles. The number of rotatable bonds is 4. The zero-order valence-corrected chi connectivity index (χ0v) is 8.71. The molecule has 0 aliphatic heterocycles. The van der Waals surface area contributed by atoms with Crippen LogP contribution in [0.2, 0.25) is 0 Å². The van der Waals surface area contributed by atoms with E-state index in [0.29, 0.717) is 6.04 Å². The van der Waals surface area contributed by atoms with Crippen LogP contribution in [0.1, 0.15) is 33.1 Å². The normalized spacial score (nSPS) is 16.2. The molecule has 0 amide bonds. The largest absolute Gasteiger partial charge is 0.363 e. The van der Waals surface area contributed by atoms with Crippen molar-refractivity contribution in [2.75, 3.05) is 6.54 Å². The predicted molar refractivity (Wildman–Crippen MR) is 56.2 cm³/mol. The molecule has 0 aromatic carbocycles. The van der Waals surface area contributed by atoms with Gasteiger partial charge in [0.1, 0.15) is 0 Å². The minimum absolute atomic E-state index is 0.436. The lowest BCUT2D eigenvalue weighted by Crippen LogP contribution is -2.39. The number of thiocarbonyl (C=S) groups is 1. The van der Waals surface area contributed by atoms with Crippen molar-refractivity contribution in [2.45, 2.75) is 39.2 Å². The van der Waals surface area contributed by atoms with E-state index in [1.54, 1.807) is 0 Å². The molecule has 0 atom stereocenters. The summed E-state index contributed by atoms with van der Waals surface area (Å²) in [5, 5.41) is 7.16. The molecule has 70 valence electrons. The number of hydrogen-bond donors (Lipinski definition) is 2. The molecule has 0 saturated heterocycles. The molecule has 12 heavy (non-hydrogen) atoms. The maximum absolute atomic E-state index is 5.08. The lowest BCUT2D eigenvalue weighted by atomic mass is 10.3. The smallest absolute Gasteiger partial charge is 0.166 e. The maximum Gasteiger partial charge on any atom is 0.166 e. The molecule has 1 fully saturated rings. The van der Waals surface area contributed by atoms with E-state index in [4.69, 9.17) is 12.2 Å². The third-order valence-corrected chi connectivity index (χ3v) is 2.22. The second-order valence-corrected chi connectivity index (χ2v) is 4.20. The summed E-state index contributed by atoms with van der Waals surface area (Å²) >= 11 is 5.08. The third kappa shape index (κ3) is 4.54. The third-order valence-electron chi connectivity index (χ3n) is 1.95. The molecule has 1 saturated carbocycles. The van der Waals surface area contributed by atoms with Gasteiger partial charge in [0, 0.05) is 12.6 Å². The Kier molecular flexibility index (Phi) is 3.79. The zero-order valence-electron chi connectivity index (χ0n) is 7.89. The van der Waals surface area contributed by atoms with Gasteiger partial charge < -0.3 is 10.6 Å². The molecule has 1 rings (SSSR count). The topological polar surface area (TPSA) is 24.1 Å². The van der Waals surface area contributed by atoms with Gasteiger partial charge in [0.05, 0.1) is 0 Å². The first kappa shape index (κ1) is 9.78. The molecule has 0 aromatic rings. The minimum atomic E-state index is 0.436. The second-order valence-electron chi connectivity index (χ2n) is 3.79. The van der Waals surface area contributed by atoms with Crippen molar-refractivity contribution >= 4 is 17.3 Å². The summed E-state index contributed by atoms with van der Waals surface area (Å²) in [6.45, 7) is 5.22. The van der Waals surface area contributed by atoms with Gasteiger partial charge in [-0.15, -0.1) is 0 Å². The molecular weight excluding hydrogens is 168 g/mol. The van der Waals surface area contributed by atoms with Crippen molar-refractivity contribution in [3.63, 3.8) is 0 Å². The van der Waals surface area contributed by atoms with Crippen molar-refractivity contribution in [3.05, 3.63) is 0 Å². The van der Waals surface area contributed by atoms with Gasteiger partial charge in [-0.1, -0.05) is 12.8 Å². The van der Waals surface area contributed by atoms with Crippen LogP contribution in [-0.2, 0) is 0 Å². The summed E-state index contributed by atoms with van der Waals surface area (Å²) < 4.78 is 0. The highest BCUT2D eigenvalue weighted by Crippen LogP contribution is 2.31. The van der Waals surface area contributed by atoms with Crippen molar-refractivity contribution in [1.29, 1.82) is 0 Å². The predicted octanol–water partition coefficient (Wildman–Crippen LogP) is 1.66. The van der Waals surface area contributed by atoms with Crippen molar-refractivity contribution in [3.8, 4) is 0 Å². The molecule has 1 aliphatic carbocycles. The average Bonchev–Trinajstić information content (AvgIpc) is 2.69. The first-order valence-electron chi connectivity index (χ1n) is 4.73. The van der Waals surface area contributed by atoms with Gasteiger partial charge in [-0.3, -0.25) is 0 Å². The van der Waals surface area contributed by atoms with Gasteiger partial charge in [-0.25, -0.2) is 0 Å². The fraction of sp³-hybridized carbons (Fsp3) is 0.889. The first-order valence-corrected chi connectivity index (χ1v) is 5.13. The molecule has 1 aliphatic rings. The SMILES string of the molecule is CC(C)NC(=S)NCCC1CC1. The van der Waals surface area contributed by atoms with Crippen LogP contribution in [0.15, 0.2) is 0 Å². The Hall–Kier alpha value is -0.310. The first-order chi connectivity index (χ1) is 5.68. The Morgan fingerprint density at radius 1 is 1.50 bits per heavy atom. The fourth-order valence-corrected chi connectivity index (χ4v) is 1.45. The van der Waals surface area contributed by atoms with Crippen LogP contribution in [0.25, 0.3) is 0 Å². The highest BCUT2D eigenvalue weighted by atomic mass is 32.1. The van der Waals surface area contributed by atoms with Crippen molar-refractivity contribution in [2.24, 2.45) is 5.92 Å². The van der Waals surface area contributed by atoms with E-state index < -0.39 is 0 Å². The average molecular weight is 186 g/mol. The molecule has 0 radical (unpaired) electrons. The summed E-state index contributed by atoms with van der Waals surface area (Å²) in [4.78, 5) is 0.